The van der Waals surface area contributed by atoms with E-state index in [4.69, 9.17) is 0 Å². The molecule has 2 N–H and O–H groups in total. The molecule has 2 amide bonds. The fraction of sp³-hybridized carbons (Fsp3) is 0.846. The average Bonchev–Trinajstić information content (AvgIpc) is 2.92. The Hall–Kier alpha value is -1.14. The van der Waals surface area contributed by atoms with E-state index in [9.17, 15) is 9.59 Å². The van der Waals surface area contributed by atoms with Crippen LogP contribution in [0, 0.1) is 5.92 Å². The number of hydrogen-bond donors (Lipinski definition) is 2. The summed E-state index contributed by atoms with van der Waals surface area (Å²) >= 11 is 0. The van der Waals surface area contributed by atoms with Crippen molar-refractivity contribution in [2.45, 2.75) is 12.8 Å². The van der Waals surface area contributed by atoms with Crippen molar-refractivity contribution in [3.8, 4) is 0 Å². The highest BCUT2D eigenvalue weighted by atomic mass is 16.2. The third-order valence-corrected chi connectivity index (χ3v) is 4.00. The van der Waals surface area contributed by atoms with Crippen LogP contribution in [0.4, 0.5) is 0 Å². The van der Waals surface area contributed by atoms with E-state index in [0.29, 0.717) is 18.9 Å². The zero-order chi connectivity index (χ0) is 13.7. The van der Waals surface area contributed by atoms with Gasteiger partial charge in [0.05, 0.1) is 6.54 Å². The summed E-state index contributed by atoms with van der Waals surface area (Å²) in [4.78, 5) is 27.5. The number of nitrogens with one attached hydrogen (secondary N) is 2. The van der Waals surface area contributed by atoms with Gasteiger partial charge >= 0.3 is 0 Å². The van der Waals surface area contributed by atoms with Gasteiger partial charge in [-0.1, -0.05) is 0 Å². The molecule has 2 aliphatic rings. The number of piperazine rings is 1. The number of likely N-dealkylation sites (N-methyl/N-ethyl adjacent to an activating group) is 1. The first kappa shape index (κ1) is 14.3. The molecule has 0 saturated carbocycles. The summed E-state index contributed by atoms with van der Waals surface area (Å²) in [5, 5.41) is 5.92. The summed E-state index contributed by atoms with van der Waals surface area (Å²) < 4.78 is 0. The lowest BCUT2D eigenvalue weighted by Crippen LogP contribution is -2.51. The van der Waals surface area contributed by atoms with Gasteiger partial charge in [-0.05, 0) is 25.4 Å². The van der Waals surface area contributed by atoms with Crippen molar-refractivity contribution in [2.24, 2.45) is 5.92 Å². The highest BCUT2D eigenvalue weighted by Crippen LogP contribution is 2.14. The second kappa shape index (κ2) is 6.86. The summed E-state index contributed by atoms with van der Waals surface area (Å²) in [5.41, 5.74) is 0. The molecule has 1 atom stereocenters. The monoisotopic (exact) mass is 268 g/mol. The van der Waals surface area contributed by atoms with Gasteiger partial charge in [0.2, 0.25) is 11.8 Å². The quantitative estimate of drug-likeness (QED) is 0.678. The first-order chi connectivity index (χ1) is 9.19. The maximum Gasteiger partial charge on any atom is 0.233 e. The Morgan fingerprint density at radius 1 is 1.26 bits per heavy atom. The van der Waals surface area contributed by atoms with Crippen molar-refractivity contribution in [1.82, 2.24) is 20.4 Å². The maximum absolute atomic E-state index is 12.1. The minimum Gasteiger partial charge on any atom is -0.358 e. The number of nitrogens with zero attached hydrogens (tertiary/aromatic N) is 2. The zero-order valence-electron chi connectivity index (χ0n) is 11.7. The lowest BCUT2D eigenvalue weighted by Gasteiger charge is -2.34. The van der Waals surface area contributed by atoms with Crippen molar-refractivity contribution in [3.63, 3.8) is 0 Å². The molecule has 1 unspecified atom stereocenters. The molecule has 2 saturated heterocycles. The highest BCUT2D eigenvalue weighted by Gasteiger charge is 2.25. The number of rotatable bonds is 4. The van der Waals surface area contributed by atoms with Crippen LogP contribution in [-0.4, -0.2) is 74.5 Å². The fourth-order valence-corrected chi connectivity index (χ4v) is 2.70. The Kier molecular flexibility index (Phi) is 5.15. The number of carbonyl (C=O) groups excluding carboxylic acids is 2. The minimum atomic E-state index is 0.0387. The van der Waals surface area contributed by atoms with Gasteiger partial charge in [-0.3, -0.25) is 14.5 Å². The standard InChI is InChI=1S/C13H24N4O2/c1-14-12(18)10-16-4-6-17(7-5-16)13(19)8-11-2-3-15-9-11/h11,15H,2-10H2,1H3,(H,14,18). The molecular formula is C13H24N4O2. The van der Waals surface area contributed by atoms with Gasteiger partial charge in [-0.15, -0.1) is 0 Å². The average molecular weight is 268 g/mol. The SMILES string of the molecule is CNC(=O)CN1CCN(C(=O)CC2CCNC2)CC1. The van der Waals surface area contributed by atoms with Gasteiger partial charge < -0.3 is 15.5 Å². The Balaban J connectivity index is 1.70. The molecule has 6 heteroatoms. The van der Waals surface area contributed by atoms with Crippen molar-refractivity contribution >= 4 is 11.8 Å². The third kappa shape index (κ3) is 4.18. The molecule has 2 heterocycles. The normalized spacial score (nSPS) is 24.5. The van der Waals surface area contributed by atoms with Crippen molar-refractivity contribution in [2.75, 3.05) is 52.9 Å². The summed E-state index contributed by atoms with van der Waals surface area (Å²) in [6, 6.07) is 0. The molecule has 6 nitrogen and oxygen atoms in total. The molecule has 0 bridgehead atoms. The summed E-state index contributed by atoms with van der Waals surface area (Å²) in [6.07, 6.45) is 1.78. The van der Waals surface area contributed by atoms with Crippen LogP contribution in [0.1, 0.15) is 12.8 Å². The van der Waals surface area contributed by atoms with Crippen LogP contribution in [0.5, 0.6) is 0 Å². The second-order valence-electron chi connectivity index (χ2n) is 5.39. The van der Waals surface area contributed by atoms with Crippen LogP contribution < -0.4 is 10.6 Å². The highest BCUT2D eigenvalue weighted by molar-refractivity contribution is 5.78. The van der Waals surface area contributed by atoms with Gasteiger partial charge in [-0.25, -0.2) is 0 Å². The molecule has 0 radical (unpaired) electrons. The molecule has 19 heavy (non-hydrogen) atoms. The number of hydrogen-bond acceptors (Lipinski definition) is 4. The maximum atomic E-state index is 12.1. The van der Waals surface area contributed by atoms with E-state index in [1.54, 1.807) is 7.05 Å². The second-order valence-corrected chi connectivity index (χ2v) is 5.39. The predicted molar refractivity (Wildman–Crippen MR) is 72.7 cm³/mol. The minimum absolute atomic E-state index is 0.0387. The fourth-order valence-electron chi connectivity index (χ4n) is 2.70. The van der Waals surface area contributed by atoms with Crippen LogP contribution in [0.2, 0.25) is 0 Å². The van der Waals surface area contributed by atoms with E-state index in [0.717, 1.165) is 45.7 Å². The molecule has 108 valence electrons. The largest absolute Gasteiger partial charge is 0.358 e. The first-order valence-electron chi connectivity index (χ1n) is 7.10. The van der Waals surface area contributed by atoms with Crippen LogP contribution in [0.3, 0.4) is 0 Å². The molecular weight excluding hydrogens is 244 g/mol. The van der Waals surface area contributed by atoms with Crippen molar-refractivity contribution < 1.29 is 9.59 Å². The molecule has 0 aliphatic carbocycles. The van der Waals surface area contributed by atoms with Gasteiger partial charge in [-0.2, -0.15) is 0 Å². The van der Waals surface area contributed by atoms with Gasteiger partial charge in [0.1, 0.15) is 0 Å². The molecule has 2 fully saturated rings. The topological polar surface area (TPSA) is 64.7 Å². The van der Waals surface area contributed by atoms with E-state index >= 15 is 0 Å². The van der Waals surface area contributed by atoms with Crippen LogP contribution >= 0.6 is 0 Å². The molecule has 2 aliphatic heterocycles. The number of carbonyl (C=O) groups is 2. The lowest BCUT2D eigenvalue weighted by atomic mass is 10.0. The molecule has 0 spiro atoms. The first-order valence-corrected chi connectivity index (χ1v) is 7.10. The van der Waals surface area contributed by atoms with E-state index in [-0.39, 0.29) is 11.8 Å². The van der Waals surface area contributed by atoms with E-state index in [1.807, 2.05) is 4.90 Å². The third-order valence-electron chi connectivity index (χ3n) is 4.00. The molecule has 2 rings (SSSR count). The zero-order valence-corrected chi connectivity index (χ0v) is 11.7. The molecule has 0 aromatic carbocycles. The Morgan fingerprint density at radius 3 is 2.58 bits per heavy atom. The van der Waals surface area contributed by atoms with Crippen LogP contribution in [0.25, 0.3) is 0 Å². The van der Waals surface area contributed by atoms with Crippen LogP contribution in [-0.2, 0) is 9.59 Å². The van der Waals surface area contributed by atoms with Gasteiger partial charge in [0.25, 0.3) is 0 Å². The van der Waals surface area contributed by atoms with E-state index in [2.05, 4.69) is 15.5 Å². The van der Waals surface area contributed by atoms with Crippen molar-refractivity contribution in [1.29, 1.82) is 0 Å². The molecule has 0 aromatic rings. The molecule has 0 aromatic heterocycles. The Bertz CT molecular complexity index is 321. The summed E-state index contributed by atoms with van der Waals surface area (Å²) in [7, 11) is 1.65. The summed E-state index contributed by atoms with van der Waals surface area (Å²) in [5.74, 6) is 0.821. The van der Waals surface area contributed by atoms with Crippen molar-refractivity contribution in [3.05, 3.63) is 0 Å². The number of amides is 2. The predicted octanol–water partition coefficient (Wildman–Crippen LogP) is -1.12. The van der Waals surface area contributed by atoms with Gasteiger partial charge in [0.15, 0.2) is 0 Å². The van der Waals surface area contributed by atoms with E-state index < -0.39 is 0 Å². The summed E-state index contributed by atoms with van der Waals surface area (Å²) in [6.45, 7) is 5.53. The van der Waals surface area contributed by atoms with Crippen LogP contribution in [0.15, 0.2) is 0 Å². The van der Waals surface area contributed by atoms with Gasteiger partial charge in [0, 0.05) is 39.6 Å². The Labute approximate surface area is 114 Å². The van der Waals surface area contributed by atoms with E-state index in [1.165, 1.54) is 0 Å². The Morgan fingerprint density at radius 2 is 2.00 bits per heavy atom. The lowest BCUT2D eigenvalue weighted by molar-refractivity contribution is -0.134. The smallest absolute Gasteiger partial charge is 0.233 e.